The normalized spacial score (nSPS) is 17.3. The van der Waals surface area contributed by atoms with Crippen LogP contribution < -0.4 is 10.5 Å². The SMILES string of the molecule is C[C@H](OC(F)F)[C@H]1CCc2c(-c3cccc(F)c3F)cc(C(N)=O)nc2O1. The molecule has 1 aliphatic heterocycles. The Kier molecular flexibility index (Phi) is 5.31. The summed E-state index contributed by atoms with van der Waals surface area (Å²) in [6.07, 6.45) is -1.10. The Morgan fingerprint density at radius 1 is 1.33 bits per heavy atom. The van der Waals surface area contributed by atoms with Gasteiger partial charge in [0.15, 0.2) is 11.6 Å². The molecule has 2 N–H and O–H groups in total. The highest BCUT2D eigenvalue weighted by Crippen LogP contribution is 2.37. The van der Waals surface area contributed by atoms with Crippen LogP contribution in [0.25, 0.3) is 11.1 Å². The summed E-state index contributed by atoms with van der Waals surface area (Å²) in [5, 5.41) is 0. The number of rotatable bonds is 5. The van der Waals surface area contributed by atoms with Crippen molar-refractivity contribution in [2.75, 3.05) is 0 Å². The third kappa shape index (κ3) is 3.87. The van der Waals surface area contributed by atoms with Crippen molar-refractivity contribution in [3.63, 3.8) is 0 Å². The number of ether oxygens (including phenoxy) is 2. The largest absolute Gasteiger partial charge is 0.471 e. The Morgan fingerprint density at radius 3 is 2.74 bits per heavy atom. The average molecular weight is 384 g/mol. The number of aromatic nitrogens is 1. The fraction of sp³-hybridized carbons (Fsp3) is 0.333. The van der Waals surface area contributed by atoms with Crippen molar-refractivity contribution in [3.8, 4) is 17.0 Å². The number of amides is 1. The highest BCUT2D eigenvalue weighted by Gasteiger charge is 2.31. The van der Waals surface area contributed by atoms with Gasteiger partial charge in [-0.3, -0.25) is 4.79 Å². The predicted octanol–water partition coefficient (Wildman–Crippen LogP) is 3.45. The highest BCUT2D eigenvalue weighted by atomic mass is 19.3. The summed E-state index contributed by atoms with van der Waals surface area (Å²) in [5.74, 6) is -3.06. The summed E-state index contributed by atoms with van der Waals surface area (Å²) >= 11 is 0. The predicted molar refractivity (Wildman–Crippen MR) is 87.4 cm³/mol. The van der Waals surface area contributed by atoms with Gasteiger partial charge in [-0.05, 0) is 37.5 Å². The van der Waals surface area contributed by atoms with Gasteiger partial charge in [-0.2, -0.15) is 8.78 Å². The molecule has 0 aliphatic carbocycles. The van der Waals surface area contributed by atoms with E-state index in [0.717, 1.165) is 6.07 Å². The third-order valence-corrected chi connectivity index (χ3v) is 4.36. The molecule has 0 fully saturated rings. The number of nitrogens with two attached hydrogens (primary N) is 1. The minimum absolute atomic E-state index is 0.0362. The first-order valence-corrected chi connectivity index (χ1v) is 8.16. The summed E-state index contributed by atoms with van der Waals surface area (Å²) in [6.45, 7) is -1.54. The van der Waals surface area contributed by atoms with E-state index < -0.39 is 36.4 Å². The van der Waals surface area contributed by atoms with E-state index in [1.165, 1.54) is 25.1 Å². The van der Waals surface area contributed by atoms with Gasteiger partial charge in [0.1, 0.15) is 11.8 Å². The van der Waals surface area contributed by atoms with Crippen molar-refractivity contribution in [2.45, 2.75) is 38.6 Å². The van der Waals surface area contributed by atoms with E-state index in [-0.39, 0.29) is 29.1 Å². The minimum atomic E-state index is -2.97. The lowest BCUT2D eigenvalue weighted by atomic mass is 9.93. The second-order valence-corrected chi connectivity index (χ2v) is 6.10. The van der Waals surface area contributed by atoms with Gasteiger partial charge < -0.3 is 15.2 Å². The maximum Gasteiger partial charge on any atom is 0.345 e. The van der Waals surface area contributed by atoms with Crippen LogP contribution in [0.2, 0.25) is 0 Å². The molecule has 3 rings (SSSR count). The first-order chi connectivity index (χ1) is 12.8. The molecule has 2 aromatic rings. The van der Waals surface area contributed by atoms with Crippen LogP contribution >= 0.6 is 0 Å². The lowest BCUT2D eigenvalue weighted by Gasteiger charge is -2.30. The van der Waals surface area contributed by atoms with Crippen LogP contribution in [0.15, 0.2) is 24.3 Å². The Balaban J connectivity index is 2.06. The van der Waals surface area contributed by atoms with E-state index in [2.05, 4.69) is 9.72 Å². The van der Waals surface area contributed by atoms with Crippen LogP contribution in [0.1, 0.15) is 29.4 Å². The lowest BCUT2D eigenvalue weighted by Crippen LogP contribution is -2.36. The number of fused-ring (bicyclic) bond motifs is 1. The zero-order chi connectivity index (χ0) is 19.7. The van der Waals surface area contributed by atoms with Crippen LogP contribution in [0.5, 0.6) is 5.88 Å². The number of primary amides is 1. The van der Waals surface area contributed by atoms with Gasteiger partial charge in [-0.1, -0.05) is 12.1 Å². The Morgan fingerprint density at radius 2 is 2.07 bits per heavy atom. The molecule has 2 atom stereocenters. The maximum atomic E-state index is 14.3. The molecular formula is C18H16F4N2O3. The molecule has 1 aromatic heterocycles. The number of pyridine rings is 1. The van der Waals surface area contributed by atoms with Crippen molar-refractivity contribution in [1.82, 2.24) is 4.98 Å². The lowest BCUT2D eigenvalue weighted by molar-refractivity contribution is -0.180. The molecule has 1 aromatic carbocycles. The maximum absolute atomic E-state index is 14.3. The molecule has 144 valence electrons. The molecule has 0 bridgehead atoms. The molecule has 5 nitrogen and oxygen atoms in total. The number of carbonyl (C=O) groups is 1. The first-order valence-electron chi connectivity index (χ1n) is 8.16. The molecule has 0 unspecified atom stereocenters. The molecule has 1 amide bonds. The zero-order valence-electron chi connectivity index (χ0n) is 14.2. The van der Waals surface area contributed by atoms with E-state index in [0.29, 0.717) is 12.0 Å². The number of nitrogens with zero attached hydrogens (tertiary/aromatic N) is 1. The number of carbonyl (C=O) groups excluding carboxylic acids is 1. The number of halogens is 4. The van der Waals surface area contributed by atoms with Crippen molar-refractivity contribution < 1.29 is 31.8 Å². The van der Waals surface area contributed by atoms with E-state index in [1.54, 1.807) is 0 Å². The molecule has 27 heavy (non-hydrogen) atoms. The molecule has 1 aliphatic rings. The Hall–Kier alpha value is -2.68. The van der Waals surface area contributed by atoms with Gasteiger partial charge in [0.2, 0.25) is 5.88 Å². The van der Waals surface area contributed by atoms with E-state index in [9.17, 15) is 22.4 Å². The van der Waals surface area contributed by atoms with Gasteiger partial charge in [0, 0.05) is 11.1 Å². The monoisotopic (exact) mass is 384 g/mol. The van der Waals surface area contributed by atoms with Gasteiger partial charge in [-0.15, -0.1) is 0 Å². The first kappa shape index (κ1) is 19.1. The van der Waals surface area contributed by atoms with Crippen LogP contribution in [-0.4, -0.2) is 29.7 Å². The molecule has 0 saturated carbocycles. The zero-order valence-corrected chi connectivity index (χ0v) is 14.2. The quantitative estimate of drug-likeness (QED) is 0.802. The van der Waals surface area contributed by atoms with Crippen LogP contribution in [0, 0.1) is 11.6 Å². The summed E-state index contributed by atoms with van der Waals surface area (Å²) in [4.78, 5) is 15.6. The van der Waals surface area contributed by atoms with E-state index in [1.807, 2.05) is 0 Å². The second kappa shape index (κ2) is 7.51. The fourth-order valence-corrected chi connectivity index (χ4v) is 3.03. The standard InChI is InChI=1S/C18H16F4N2O3/c1-8(26-18(21)22)14-6-5-10-11(9-3-2-4-12(19)15(9)20)7-13(16(23)25)24-17(10)27-14/h2-4,7-8,14,18H,5-6H2,1H3,(H2,23,25)/t8-,14+/m0/s1. The molecule has 9 heteroatoms. The van der Waals surface area contributed by atoms with E-state index in [4.69, 9.17) is 10.5 Å². The molecule has 0 saturated heterocycles. The van der Waals surface area contributed by atoms with Crippen molar-refractivity contribution in [1.29, 1.82) is 0 Å². The topological polar surface area (TPSA) is 74.4 Å². The highest BCUT2D eigenvalue weighted by molar-refractivity contribution is 5.93. The van der Waals surface area contributed by atoms with Crippen LogP contribution in [-0.2, 0) is 11.2 Å². The summed E-state index contributed by atoms with van der Waals surface area (Å²) in [7, 11) is 0. The summed E-state index contributed by atoms with van der Waals surface area (Å²) in [5.41, 5.74) is 5.64. The Labute approximate surface area is 152 Å². The molecule has 2 heterocycles. The molecule has 0 radical (unpaired) electrons. The minimum Gasteiger partial charge on any atom is -0.471 e. The average Bonchev–Trinajstić information content (AvgIpc) is 2.62. The van der Waals surface area contributed by atoms with Gasteiger partial charge in [-0.25, -0.2) is 13.8 Å². The summed E-state index contributed by atoms with van der Waals surface area (Å²) in [6, 6.07) is 4.92. The van der Waals surface area contributed by atoms with Crippen molar-refractivity contribution >= 4 is 5.91 Å². The smallest absolute Gasteiger partial charge is 0.345 e. The number of hydrogen-bond acceptors (Lipinski definition) is 4. The summed E-state index contributed by atoms with van der Waals surface area (Å²) < 4.78 is 62.9. The number of benzene rings is 1. The second-order valence-electron chi connectivity index (χ2n) is 6.10. The third-order valence-electron chi connectivity index (χ3n) is 4.36. The molecular weight excluding hydrogens is 368 g/mol. The number of alkyl halides is 2. The fourth-order valence-electron chi connectivity index (χ4n) is 3.03. The number of hydrogen-bond donors (Lipinski definition) is 1. The van der Waals surface area contributed by atoms with E-state index >= 15 is 0 Å². The van der Waals surface area contributed by atoms with Crippen LogP contribution in [0.4, 0.5) is 17.6 Å². The van der Waals surface area contributed by atoms with Crippen molar-refractivity contribution in [3.05, 3.63) is 47.2 Å². The Bertz CT molecular complexity index is 876. The molecule has 0 spiro atoms. The van der Waals surface area contributed by atoms with Crippen LogP contribution in [0.3, 0.4) is 0 Å². The van der Waals surface area contributed by atoms with Gasteiger partial charge in [0.25, 0.3) is 5.91 Å². The van der Waals surface area contributed by atoms with Gasteiger partial charge >= 0.3 is 6.61 Å². The van der Waals surface area contributed by atoms with Gasteiger partial charge in [0.05, 0.1) is 6.10 Å². The van der Waals surface area contributed by atoms with Crippen molar-refractivity contribution in [2.24, 2.45) is 5.73 Å².